The van der Waals surface area contributed by atoms with Crippen LogP contribution in [0.3, 0.4) is 0 Å². The normalized spacial score (nSPS) is 16.9. The summed E-state index contributed by atoms with van der Waals surface area (Å²) in [4.78, 5) is 0. The Morgan fingerprint density at radius 1 is 0.944 bits per heavy atom. The van der Waals surface area contributed by atoms with Crippen molar-refractivity contribution in [3.05, 3.63) is 57.0 Å². The number of benzene rings is 2. The van der Waals surface area contributed by atoms with Gasteiger partial charge < -0.3 is 10.1 Å². The topological polar surface area (TPSA) is 21.3 Å². The van der Waals surface area contributed by atoms with Crippen LogP contribution in [0, 0.1) is 0 Å². The van der Waals surface area contributed by atoms with Crippen molar-refractivity contribution >= 4 is 40.5 Å². The van der Waals surface area contributed by atoms with Gasteiger partial charge in [-0.2, -0.15) is 0 Å². The van der Waals surface area contributed by atoms with Crippen molar-refractivity contribution in [2.24, 2.45) is 0 Å². The second-order valence-electron chi connectivity index (χ2n) is 3.96. The molecular formula is C13H8Cl3NO. The Hall–Kier alpha value is -1.09. The lowest BCUT2D eigenvalue weighted by Crippen LogP contribution is -2.09. The van der Waals surface area contributed by atoms with Gasteiger partial charge in [-0.25, -0.2) is 0 Å². The van der Waals surface area contributed by atoms with Crippen LogP contribution in [0.2, 0.25) is 15.1 Å². The van der Waals surface area contributed by atoms with Crippen LogP contribution < -0.4 is 10.1 Å². The van der Waals surface area contributed by atoms with Gasteiger partial charge in [-0.05, 0) is 30.3 Å². The smallest absolute Gasteiger partial charge is 0.196 e. The first-order valence-electron chi connectivity index (χ1n) is 5.31. The molecule has 3 rings (SSSR count). The van der Waals surface area contributed by atoms with E-state index in [9.17, 15) is 0 Å². The number of anilines is 1. The third kappa shape index (κ3) is 2.12. The van der Waals surface area contributed by atoms with Crippen molar-refractivity contribution in [3.8, 4) is 5.75 Å². The summed E-state index contributed by atoms with van der Waals surface area (Å²) in [6, 6.07) is 10.9. The fourth-order valence-corrected chi connectivity index (χ4v) is 2.32. The molecule has 1 aliphatic rings. The van der Waals surface area contributed by atoms with Crippen molar-refractivity contribution in [2.75, 3.05) is 5.32 Å². The minimum atomic E-state index is -0.270. The maximum atomic E-state index is 5.99. The Morgan fingerprint density at radius 3 is 2.56 bits per heavy atom. The second kappa shape index (κ2) is 4.54. The Labute approximate surface area is 119 Å². The van der Waals surface area contributed by atoms with Crippen LogP contribution in [0.25, 0.3) is 0 Å². The van der Waals surface area contributed by atoms with E-state index in [1.807, 2.05) is 18.2 Å². The Kier molecular flexibility index (Phi) is 3.02. The molecule has 2 nitrogen and oxygen atoms in total. The molecule has 1 atom stereocenters. The van der Waals surface area contributed by atoms with Gasteiger partial charge in [-0.15, -0.1) is 0 Å². The van der Waals surface area contributed by atoms with Gasteiger partial charge >= 0.3 is 0 Å². The second-order valence-corrected chi connectivity index (χ2v) is 5.21. The highest BCUT2D eigenvalue weighted by molar-refractivity contribution is 6.42. The van der Waals surface area contributed by atoms with E-state index in [0.717, 1.165) is 17.0 Å². The van der Waals surface area contributed by atoms with Crippen LogP contribution in [-0.4, -0.2) is 0 Å². The van der Waals surface area contributed by atoms with E-state index in [1.165, 1.54) is 0 Å². The molecule has 0 saturated carbocycles. The van der Waals surface area contributed by atoms with E-state index >= 15 is 0 Å². The number of nitrogens with one attached hydrogen (secondary N) is 1. The zero-order chi connectivity index (χ0) is 12.7. The summed E-state index contributed by atoms with van der Waals surface area (Å²) >= 11 is 17.8. The van der Waals surface area contributed by atoms with Crippen molar-refractivity contribution in [1.29, 1.82) is 0 Å². The number of rotatable bonds is 1. The quantitative estimate of drug-likeness (QED) is 0.786. The van der Waals surface area contributed by atoms with Crippen LogP contribution >= 0.6 is 34.8 Å². The SMILES string of the molecule is Clc1ccc2c(c1)N[C@H](c1ccc(Cl)c(Cl)c1)O2. The molecule has 2 aromatic rings. The lowest BCUT2D eigenvalue weighted by Gasteiger charge is -2.12. The van der Waals surface area contributed by atoms with Crippen LogP contribution in [0.15, 0.2) is 36.4 Å². The van der Waals surface area contributed by atoms with Crippen molar-refractivity contribution < 1.29 is 4.74 Å². The average Bonchev–Trinajstić information content (AvgIpc) is 2.75. The van der Waals surface area contributed by atoms with Crippen molar-refractivity contribution in [3.63, 3.8) is 0 Å². The summed E-state index contributed by atoms with van der Waals surface area (Å²) in [7, 11) is 0. The Bertz CT molecular complexity index is 615. The molecule has 1 aliphatic heterocycles. The van der Waals surface area contributed by atoms with Gasteiger partial charge in [0.15, 0.2) is 6.23 Å². The zero-order valence-corrected chi connectivity index (χ0v) is 11.4. The minimum Gasteiger partial charge on any atom is -0.464 e. The molecule has 0 aromatic heterocycles. The van der Waals surface area contributed by atoms with Gasteiger partial charge in [-0.1, -0.05) is 40.9 Å². The number of halogens is 3. The van der Waals surface area contributed by atoms with Crippen LogP contribution in [0.5, 0.6) is 5.75 Å². The van der Waals surface area contributed by atoms with Gasteiger partial charge in [0.05, 0.1) is 15.7 Å². The molecule has 92 valence electrons. The van der Waals surface area contributed by atoms with Crippen molar-refractivity contribution in [2.45, 2.75) is 6.23 Å². The molecule has 5 heteroatoms. The highest BCUT2D eigenvalue weighted by atomic mass is 35.5. The summed E-state index contributed by atoms with van der Waals surface area (Å²) in [6.45, 7) is 0. The standard InChI is InChI=1S/C13H8Cl3NO/c14-8-2-4-12-11(6-8)17-13(18-12)7-1-3-9(15)10(16)5-7/h1-6,13,17H/t13-/m0/s1. The average molecular weight is 301 g/mol. The predicted molar refractivity (Wildman–Crippen MR) is 74.9 cm³/mol. The van der Waals surface area contributed by atoms with E-state index in [2.05, 4.69) is 5.32 Å². The van der Waals surface area contributed by atoms with Crippen LogP contribution in [0.1, 0.15) is 11.8 Å². The number of fused-ring (bicyclic) bond motifs is 1. The summed E-state index contributed by atoms with van der Waals surface area (Å²) < 4.78 is 5.77. The predicted octanol–water partition coefficient (Wildman–Crippen LogP) is 5.15. The van der Waals surface area contributed by atoms with E-state index in [-0.39, 0.29) is 6.23 Å². The Balaban J connectivity index is 1.91. The van der Waals surface area contributed by atoms with Crippen LogP contribution in [0.4, 0.5) is 5.69 Å². The summed E-state index contributed by atoms with van der Waals surface area (Å²) in [6.07, 6.45) is -0.270. The van der Waals surface area contributed by atoms with Gasteiger partial charge in [0, 0.05) is 10.6 Å². The minimum absolute atomic E-state index is 0.270. The summed E-state index contributed by atoms with van der Waals surface area (Å²) in [5, 5.41) is 4.93. The number of ether oxygens (including phenoxy) is 1. The third-order valence-electron chi connectivity index (χ3n) is 2.72. The first-order chi connectivity index (χ1) is 8.63. The molecule has 0 unspecified atom stereocenters. The molecule has 2 aromatic carbocycles. The molecule has 0 amide bonds. The lowest BCUT2D eigenvalue weighted by molar-refractivity contribution is 0.260. The van der Waals surface area contributed by atoms with Crippen LogP contribution in [-0.2, 0) is 0 Å². The molecular weight excluding hydrogens is 293 g/mol. The fraction of sp³-hybridized carbons (Fsp3) is 0.0769. The lowest BCUT2D eigenvalue weighted by atomic mass is 10.2. The van der Waals surface area contributed by atoms with Gasteiger partial charge in [0.25, 0.3) is 0 Å². The van der Waals surface area contributed by atoms with E-state index < -0.39 is 0 Å². The maximum absolute atomic E-state index is 5.99. The van der Waals surface area contributed by atoms with E-state index in [0.29, 0.717) is 15.1 Å². The molecule has 0 bridgehead atoms. The van der Waals surface area contributed by atoms with Crippen molar-refractivity contribution in [1.82, 2.24) is 0 Å². The maximum Gasteiger partial charge on any atom is 0.196 e. The molecule has 1 N–H and O–H groups in total. The largest absolute Gasteiger partial charge is 0.464 e. The number of hydrogen-bond donors (Lipinski definition) is 1. The molecule has 0 spiro atoms. The van der Waals surface area contributed by atoms with Gasteiger partial charge in [0.1, 0.15) is 5.75 Å². The fourth-order valence-electron chi connectivity index (χ4n) is 1.84. The first kappa shape index (κ1) is 12.0. The summed E-state index contributed by atoms with van der Waals surface area (Å²) in [5.74, 6) is 0.774. The third-order valence-corrected chi connectivity index (χ3v) is 3.69. The zero-order valence-electron chi connectivity index (χ0n) is 9.08. The van der Waals surface area contributed by atoms with Gasteiger partial charge in [-0.3, -0.25) is 0 Å². The van der Waals surface area contributed by atoms with E-state index in [4.69, 9.17) is 39.5 Å². The molecule has 18 heavy (non-hydrogen) atoms. The molecule has 0 aliphatic carbocycles. The first-order valence-corrected chi connectivity index (χ1v) is 6.44. The molecule has 0 radical (unpaired) electrons. The molecule has 1 heterocycles. The number of hydrogen-bond acceptors (Lipinski definition) is 2. The highest BCUT2D eigenvalue weighted by Crippen LogP contribution is 2.40. The molecule has 0 saturated heterocycles. The Morgan fingerprint density at radius 2 is 1.78 bits per heavy atom. The van der Waals surface area contributed by atoms with E-state index in [1.54, 1.807) is 18.2 Å². The monoisotopic (exact) mass is 299 g/mol. The highest BCUT2D eigenvalue weighted by Gasteiger charge is 2.23. The molecule has 0 fully saturated rings. The summed E-state index contributed by atoms with van der Waals surface area (Å²) in [5.41, 5.74) is 1.79. The van der Waals surface area contributed by atoms with Gasteiger partial charge in [0.2, 0.25) is 0 Å².